The van der Waals surface area contributed by atoms with E-state index in [9.17, 15) is 14.9 Å². The molecule has 1 aromatic carbocycles. The molecule has 0 unspecified atom stereocenters. The van der Waals surface area contributed by atoms with Crippen LogP contribution in [-0.2, 0) is 6.54 Å². The first kappa shape index (κ1) is 15.4. The van der Waals surface area contributed by atoms with Crippen molar-refractivity contribution >= 4 is 39.1 Å². The smallest absolute Gasteiger partial charge is 0.319 e. The first-order chi connectivity index (χ1) is 9.99. The summed E-state index contributed by atoms with van der Waals surface area (Å²) in [5.41, 5.74) is 0.251. The van der Waals surface area contributed by atoms with Crippen molar-refractivity contribution in [2.45, 2.75) is 6.54 Å². The third-order valence-electron chi connectivity index (χ3n) is 2.65. The van der Waals surface area contributed by atoms with Crippen LogP contribution >= 0.6 is 27.5 Å². The summed E-state index contributed by atoms with van der Waals surface area (Å²) in [5, 5.41) is 13.3. The number of carbonyl (C=O) groups is 1. The van der Waals surface area contributed by atoms with Gasteiger partial charge in [0, 0.05) is 17.2 Å². The van der Waals surface area contributed by atoms with Crippen molar-refractivity contribution in [2.24, 2.45) is 0 Å². The molecule has 0 atom stereocenters. The van der Waals surface area contributed by atoms with Gasteiger partial charge in [0.25, 0.3) is 5.91 Å². The van der Waals surface area contributed by atoms with Gasteiger partial charge >= 0.3 is 5.69 Å². The zero-order valence-corrected chi connectivity index (χ0v) is 12.9. The molecule has 0 spiro atoms. The van der Waals surface area contributed by atoms with Crippen LogP contribution in [0.1, 0.15) is 15.9 Å². The third kappa shape index (κ3) is 3.77. The second-order valence-electron chi connectivity index (χ2n) is 4.07. The Morgan fingerprint density at radius 1 is 1.43 bits per heavy atom. The Labute approximate surface area is 133 Å². The summed E-state index contributed by atoms with van der Waals surface area (Å²) in [4.78, 5) is 25.9. The number of amides is 1. The molecule has 0 aliphatic carbocycles. The molecule has 0 aliphatic heterocycles. The Balaban J connectivity index is 2.18. The average Bonchev–Trinajstić information content (AvgIpc) is 2.44. The van der Waals surface area contributed by atoms with Crippen molar-refractivity contribution in [2.75, 3.05) is 0 Å². The van der Waals surface area contributed by atoms with Gasteiger partial charge in [-0.25, -0.2) is 4.98 Å². The molecule has 0 saturated heterocycles. The summed E-state index contributed by atoms with van der Waals surface area (Å²) in [6, 6.07) is 8.63. The topological polar surface area (TPSA) is 85.1 Å². The van der Waals surface area contributed by atoms with E-state index in [1.807, 2.05) is 24.3 Å². The highest BCUT2D eigenvalue weighted by atomic mass is 79.9. The van der Waals surface area contributed by atoms with Crippen LogP contribution in [0.4, 0.5) is 5.69 Å². The monoisotopic (exact) mass is 369 g/mol. The maximum atomic E-state index is 12.1. The maximum Gasteiger partial charge on any atom is 0.319 e. The van der Waals surface area contributed by atoms with Crippen molar-refractivity contribution in [1.29, 1.82) is 0 Å². The van der Waals surface area contributed by atoms with Crippen molar-refractivity contribution in [3.8, 4) is 0 Å². The molecule has 0 saturated carbocycles. The Hall–Kier alpha value is -1.99. The first-order valence-electron chi connectivity index (χ1n) is 5.80. The molecule has 2 rings (SSSR count). The largest absolute Gasteiger partial charge is 0.348 e. The Bertz CT molecular complexity index is 709. The van der Waals surface area contributed by atoms with Gasteiger partial charge in [-0.1, -0.05) is 39.7 Å². The molecule has 1 N–H and O–H groups in total. The highest BCUT2D eigenvalue weighted by Crippen LogP contribution is 2.25. The lowest BCUT2D eigenvalue weighted by molar-refractivity contribution is -0.385. The predicted octanol–water partition coefficient (Wildman–Crippen LogP) is 3.34. The van der Waals surface area contributed by atoms with Crippen LogP contribution in [-0.4, -0.2) is 15.8 Å². The van der Waals surface area contributed by atoms with Crippen LogP contribution in [0.5, 0.6) is 0 Å². The van der Waals surface area contributed by atoms with E-state index in [1.54, 1.807) is 0 Å². The van der Waals surface area contributed by atoms with E-state index in [0.717, 1.165) is 10.0 Å². The van der Waals surface area contributed by atoms with Gasteiger partial charge < -0.3 is 5.32 Å². The van der Waals surface area contributed by atoms with Crippen LogP contribution in [0, 0.1) is 10.1 Å². The third-order valence-corrected chi connectivity index (χ3v) is 3.42. The van der Waals surface area contributed by atoms with Crippen LogP contribution < -0.4 is 5.32 Å². The number of hydrogen-bond donors (Lipinski definition) is 1. The summed E-state index contributed by atoms with van der Waals surface area (Å²) >= 11 is 8.99. The van der Waals surface area contributed by atoms with Crippen molar-refractivity contribution in [3.63, 3.8) is 0 Å². The lowest BCUT2D eigenvalue weighted by Crippen LogP contribution is -2.24. The number of nitrogens with zero attached hydrogens (tertiary/aromatic N) is 2. The standard InChI is InChI=1S/C13H9BrClN3O3/c14-9-3-1-2-8(6-9)7-17-13(19)10-4-5-16-12(15)11(10)18(20)21/h1-6H,7H2,(H,17,19). The maximum absolute atomic E-state index is 12.1. The second kappa shape index (κ2) is 6.64. The number of hydrogen-bond acceptors (Lipinski definition) is 4. The minimum absolute atomic E-state index is 0.116. The number of nitrogens with one attached hydrogen (secondary N) is 1. The number of halogens is 2. The lowest BCUT2D eigenvalue weighted by Gasteiger charge is -2.06. The molecular formula is C13H9BrClN3O3. The van der Waals surface area contributed by atoms with Crippen LogP contribution in [0.15, 0.2) is 41.0 Å². The highest BCUT2D eigenvalue weighted by Gasteiger charge is 2.24. The fourth-order valence-corrected chi connectivity index (χ4v) is 2.38. The van der Waals surface area contributed by atoms with E-state index in [4.69, 9.17) is 11.6 Å². The minimum Gasteiger partial charge on any atom is -0.348 e. The average molecular weight is 371 g/mol. The minimum atomic E-state index is -0.719. The molecule has 108 valence electrons. The van der Waals surface area contributed by atoms with Gasteiger partial charge in [0.2, 0.25) is 5.15 Å². The summed E-state index contributed by atoms with van der Waals surface area (Å²) in [7, 11) is 0. The molecule has 0 radical (unpaired) electrons. The van der Waals surface area contributed by atoms with Crippen molar-refractivity contribution < 1.29 is 9.72 Å². The van der Waals surface area contributed by atoms with Crippen LogP contribution in [0.3, 0.4) is 0 Å². The number of rotatable bonds is 4. The molecule has 0 bridgehead atoms. The zero-order chi connectivity index (χ0) is 15.4. The zero-order valence-electron chi connectivity index (χ0n) is 10.5. The number of benzene rings is 1. The Morgan fingerprint density at radius 2 is 2.19 bits per heavy atom. The molecule has 6 nitrogen and oxygen atoms in total. The molecule has 2 aromatic rings. The summed E-state index contributed by atoms with van der Waals surface area (Å²) < 4.78 is 0.882. The summed E-state index contributed by atoms with van der Waals surface area (Å²) in [6.07, 6.45) is 1.25. The van der Waals surface area contributed by atoms with E-state index in [2.05, 4.69) is 26.2 Å². The van der Waals surface area contributed by atoms with E-state index in [0.29, 0.717) is 0 Å². The Morgan fingerprint density at radius 3 is 2.86 bits per heavy atom. The summed E-state index contributed by atoms with van der Waals surface area (Å²) in [6.45, 7) is 0.245. The van der Waals surface area contributed by atoms with Crippen molar-refractivity contribution in [3.05, 3.63) is 67.4 Å². The molecule has 21 heavy (non-hydrogen) atoms. The number of nitro groups is 1. The summed E-state index contributed by atoms with van der Waals surface area (Å²) in [5.74, 6) is -0.578. The van der Waals surface area contributed by atoms with E-state index < -0.39 is 16.5 Å². The normalized spacial score (nSPS) is 10.2. The van der Waals surface area contributed by atoms with Crippen LogP contribution in [0.25, 0.3) is 0 Å². The molecule has 1 heterocycles. The quantitative estimate of drug-likeness (QED) is 0.508. The van der Waals surface area contributed by atoms with Gasteiger partial charge in [0.05, 0.1) is 4.92 Å². The Kier molecular flexibility index (Phi) is 4.87. The fraction of sp³-hybridized carbons (Fsp3) is 0.0769. The number of pyridine rings is 1. The molecule has 1 aromatic heterocycles. The molecular weight excluding hydrogens is 362 g/mol. The highest BCUT2D eigenvalue weighted by molar-refractivity contribution is 9.10. The van der Waals surface area contributed by atoms with Crippen LogP contribution in [0.2, 0.25) is 5.15 Å². The predicted molar refractivity (Wildman–Crippen MR) is 81.2 cm³/mol. The van der Waals surface area contributed by atoms with Gasteiger partial charge in [0.1, 0.15) is 5.56 Å². The van der Waals surface area contributed by atoms with Gasteiger partial charge in [-0.2, -0.15) is 0 Å². The molecule has 1 amide bonds. The molecule has 8 heteroatoms. The van der Waals surface area contributed by atoms with E-state index >= 15 is 0 Å². The van der Waals surface area contributed by atoms with Gasteiger partial charge in [-0.05, 0) is 23.8 Å². The van der Waals surface area contributed by atoms with Gasteiger partial charge in [-0.3, -0.25) is 14.9 Å². The van der Waals surface area contributed by atoms with Gasteiger partial charge in [0.15, 0.2) is 0 Å². The van der Waals surface area contributed by atoms with E-state index in [-0.39, 0.29) is 17.3 Å². The molecule has 0 fully saturated rings. The fourth-order valence-electron chi connectivity index (χ4n) is 1.71. The number of aromatic nitrogens is 1. The van der Waals surface area contributed by atoms with E-state index in [1.165, 1.54) is 12.3 Å². The van der Waals surface area contributed by atoms with Crippen molar-refractivity contribution in [1.82, 2.24) is 10.3 Å². The number of carbonyl (C=O) groups excluding carboxylic acids is 1. The molecule has 0 aliphatic rings. The SMILES string of the molecule is O=C(NCc1cccc(Br)c1)c1ccnc(Cl)c1[N+](=O)[O-]. The lowest BCUT2D eigenvalue weighted by atomic mass is 10.2. The van der Waals surface area contributed by atoms with Gasteiger partial charge in [-0.15, -0.1) is 0 Å². The first-order valence-corrected chi connectivity index (χ1v) is 6.97. The second-order valence-corrected chi connectivity index (χ2v) is 5.34.